The van der Waals surface area contributed by atoms with Crippen molar-refractivity contribution in [2.75, 3.05) is 26.4 Å². The summed E-state index contributed by atoms with van der Waals surface area (Å²) in [7, 11) is -28.7. The lowest BCUT2D eigenvalue weighted by molar-refractivity contribution is 0.0495. The minimum absolute atomic E-state index is 0.0774. The van der Waals surface area contributed by atoms with Crippen LogP contribution in [0.1, 0.15) is 12.8 Å². The Balaban J connectivity index is 1.40. The Morgan fingerprint density at radius 3 is 1.22 bits per heavy atom. The number of hydrogen-bond acceptors (Lipinski definition) is 16. The van der Waals surface area contributed by atoms with Crippen molar-refractivity contribution < 1.29 is 68.3 Å². The van der Waals surface area contributed by atoms with Gasteiger partial charge < -0.3 is 68.3 Å². The molecule has 0 aromatic rings. The number of epoxide rings is 2. The van der Waals surface area contributed by atoms with Gasteiger partial charge in [-0.2, -0.15) is 0 Å². The van der Waals surface area contributed by atoms with E-state index in [2.05, 4.69) is 13.1 Å². The van der Waals surface area contributed by atoms with Crippen molar-refractivity contribution >= 4 is 97.5 Å². The van der Waals surface area contributed by atoms with Crippen molar-refractivity contribution in [3.05, 3.63) is 0 Å². The minimum Gasteiger partial charge on any atom is -0.420 e. The fourth-order valence-electron chi connectivity index (χ4n) is 6.77. The van der Waals surface area contributed by atoms with E-state index in [4.69, 9.17) is 68.3 Å². The largest absolute Gasteiger partial charge is 0.470 e. The van der Waals surface area contributed by atoms with Gasteiger partial charge in [0.25, 0.3) is 18.6 Å². The molecule has 4 rings (SSSR count). The second-order valence-corrected chi connectivity index (χ2v) is 48.1. The predicted octanol–water partition coefficient (Wildman–Crippen LogP) is 3.53. The van der Waals surface area contributed by atoms with Crippen LogP contribution in [0.15, 0.2) is 0 Å². The van der Waals surface area contributed by atoms with Crippen molar-refractivity contribution in [2.45, 2.75) is 129 Å². The molecule has 0 amide bonds. The zero-order valence-corrected chi connectivity index (χ0v) is 44.8. The number of hydrogen-bond donors (Lipinski definition) is 0. The first-order valence-electron chi connectivity index (χ1n) is 18.1. The van der Waals surface area contributed by atoms with Crippen LogP contribution in [0, 0.1) is 0 Å². The van der Waals surface area contributed by atoms with Gasteiger partial charge in [0.05, 0.1) is 0 Å². The maximum atomic E-state index is 6.88. The Labute approximate surface area is 319 Å². The summed E-state index contributed by atoms with van der Waals surface area (Å²) in [5.41, 5.74) is 0. The summed E-state index contributed by atoms with van der Waals surface area (Å²) >= 11 is 0. The van der Waals surface area contributed by atoms with Gasteiger partial charge in [-0.05, 0) is 103 Å². The summed E-state index contributed by atoms with van der Waals surface area (Å²) in [6.07, 6.45) is 1.42. The molecular weight excluding hydrogens is 853 g/mol. The molecule has 300 valence electrons. The van der Waals surface area contributed by atoms with E-state index in [1.807, 2.05) is 78.6 Å². The molecule has 10 atom stereocenters. The highest BCUT2D eigenvalue weighted by atomic mass is 28.6. The van der Waals surface area contributed by atoms with E-state index in [9.17, 15) is 0 Å². The molecule has 51 heavy (non-hydrogen) atoms. The highest BCUT2D eigenvalue weighted by Crippen LogP contribution is 2.34. The molecule has 0 spiro atoms. The Morgan fingerprint density at radius 1 is 0.549 bits per heavy atom. The summed E-state index contributed by atoms with van der Waals surface area (Å²) in [6, 6.07) is 1.46. The summed E-state index contributed by atoms with van der Waals surface area (Å²) in [6.45, 7) is 30.7. The smallest absolute Gasteiger partial charge is 0.420 e. The molecule has 10 unspecified atom stereocenters. The van der Waals surface area contributed by atoms with Gasteiger partial charge in [0, 0.05) is 26.3 Å². The average Bonchev–Trinajstić information content (AvgIpc) is 3.80. The summed E-state index contributed by atoms with van der Waals surface area (Å²) in [5, 5.41) is 0. The molecule has 16 nitrogen and oxygen atoms in total. The lowest BCUT2D eigenvalue weighted by Gasteiger charge is -2.46. The van der Waals surface area contributed by atoms with Crippen LogP contribution in [-0.4, -0.2) is 137 Å². The summed E-state index contributed by atoms with van der Waals surface area (Å²) in [5.74, 6) is 0. The van der Waals surface area contributed by atoms with E-state index in [-0.39, 0.29) is 12.6 Å². The van der Waals surface area contributed by atoms with Gasteiger partial charge in [-0.3, -0.25) is 0 Å². The van der Waals surface area contributed by atoms with Crippen LogP contribution in [-0.2, 0) is 68.3 Å². The lowest BCUT2D eigenvalue weighted by Crippen LogP contribution is -2.66. The van der Waals surface area contributed by atoms with E-state index in [0.29, 0.717) is 26.4 Å². The highest BCUT2D eigenvalue weighted by Gasteiger charge is 2.56. The van der Waals surface area contributed by atoms with Crippen molar-refractivity contribution in [3.63, 3.8) is 0 Å². The van der Waals surface area contributed by atoms with Crippen molar-refractivity contribution in [1.29, 1.82) is 0 Å². The highest BCUT2D eigenvalue weighted by molar-refractivity contribution is 6.92. The molecular formula is C24H64O16Si11. The van der Waals surface area contributed by atoms with Gasteiger partial charge >= 0.3 is 79.0 Å². The first-order valence-corrected chi connectivity index (χ1v) is 44.4. The molecule has 27 heteroatoms. The molecule has 0 radical (unpaired) electrons. The Kier molecular flexibility index (Phi) is 16.2. The molecule has 4 heterocycles. The molecule has 4 saturated heterocycles. The first-order chi connectivity index (χ1) is 23.4. The SMILES string of the molecule is C[SiH]1O[SiH](C)O[Si](C)(O[Si](C)(C)O[Si](C)(C)O[Si](C)(C)O[Si]2(C)O[SiH](C)O[SiH](C)O[Si](C)(CCCOC3CO3)O2)O[Si](C)(CCCOC2CO2)O1. The van der Waals surface area contributed by atoms with Crippen LogP contribution in [0.2, 0.25) is 104 Å². The van der Waals surface area contributed by atoms with Crippen LogP contribution in [0.25, 0.3) is 0 Å². The molecule has 4 aliphatic rings. The molecule has 0 saturated carbocycles. The van der Waals surface area contributed by atoms with Crippen LogP contribution < -0.4 is 0 Å². The maximum absolute atomic E-state index is 6.88. The minimum atomic E-state index is -3.27. The normalized spacial score (nSPS) is 39.9. The van der Waals surface area contributed by atoms with Gasteiger partial charge in [0.15, 0.2) is 12.6 Å². The summed E-state index contributed by atoms with van der Waals surface area (Å²) < 4.78 is 102. The molecule has 0 N–H and O–H groups in total. The second kappa shape index (κ2) is 18.1. The molecule has 4 aliphatic heterocycles. The van der Waals surface area contributed by atoms with E-state index in [0.717, 1.165) is 24.9 Å². The third kappa shape index (κ3) is 16.6. The standard InChI is InChI=1S/C24H64O16Si11/c1-41-29-43(3)33-50(13,39-48(11,31-41)19-15-17-25-23-21-27-23)37-46(7,8)35-45(5,6)36-47(9,10)38-51(14)34-44(4)30-42(2)32-49(12,40-51)20-16-18-26-24-22-28-24/h23-24,41-44H,15-22H2,1-14H3. The van der Waals surface area contributed by atoms with Crippen LogP contribution in [0.3, 0.4) is 0 Å². The fourth-order valence-corrected chi connectivity index (χ4v) is 57.1. The molecule has 4 fully saturated rings. The number of rotatable bonds is 18. The molecule has 0 aromatic heterocycles. The van der Waals surface area contributed by atoms with Crippen molar-refractivity contribution in [1.82, 2.24) is 0 Å². The average molecular weight is 918 g/mol. The first kappa shape index (κ1) is 45.4. The Hall–Kier alpha value is 1.75. The Bertz CT molecular complexity index is 1050. The van der Waals surface area contributed by atoms with Gasteiger partial charge in [-0.25, -0.2) is 0 Å². The predicted molar refractivity (Wildman–Crippen MR) is 214 cm³/mol. The molecule has 0 bridgehead atoms. The van der Waals surface area contributed by atoms with E-state index in [1.165, 1.54) is 0 Å². The van der Waals surface area contributed by atoms with Crippen LogP contribution >= 0.6 is 0 Å². The molecule has 0 aliphatic carbocycles. The van der Waals surface area contributed by atoms with Crippen LogP contribution in [0.4, 0.5) is 0 Å². The van der Waals surface area contributed by atoms with Crippen LogP contribution in [0.5, 0.6) is 0 Å². The molecule has 0 aromatic carbocycles. The second-order valence-electron chi connectivity index (χ2n) is 15.3. The Morgan fingerprint density at radius 2 is 0.882 bits per heavy atom. The van der Waals surface area contributed by atoms with Crippen molar-refractivity contribution in [3.8, 4) is 0 Å². The monoisotopic (exact) mass is 916 g/mol. The third-order valence-electron chi connectivity index (χ3n) is 7.77. The zero-order chi connectivity index (χ0) is 37.9. The number of ether oxygens (including phenoxy) is 4. The van der Waals surface area contributed by atoms with Crippen molar-refractivity contribution in [2.24, 2.45) is 0 Å². The van der Waals surface area contributed by atoms with E-state index in [1.54, 1.807) is 0 Å². The third-order valence-corrected chi connectivity index (χ3v) is 50.3. The fraction of sp³-hybridized carbons (Fsp3) is 1.00. The van der Waals surface area contributed by atoms with E-state index >= 15 is 0 Å². The van der Waals surface area contributed by atoms with Gasteiger partial charge in [-0.15, -0.1) is 0 Å². The van der Waals surface area contributed by atoms with E-state index < -0.39 is 97.5 Å². The topological polar surface area (TPSA) is 154 Å². The van der Waals surface area contributed by atoms with Gasteiger partial charge in [0.2, 0.25) is 0 Å². The zero-order valence-electron chi connectivity index (χ0n) is 33.2. The lowest BCUT2D eigenvalue weighted by atomic mass is 10.5. The summed E-state index contributed by atoms with van der Waals surface area (Å²) in [4.78, 5) is 0. The quantitative estimate of drug-likeness (QED) is 0.112. The maximum Gasteiger partial charge on any atom is 0.470 e. The van der Waals surface area contributed by atoms with Gasteiger partial charge in [-0.1, -0.05) is 0 Å². The van der Waals surface area contributed by atoms with Gasteiger partial charge in [0.1, 0.15) is 13.2 Å².